The van der Waals surface area contributed by atoms with Crippen molar-refractivity contribution in [1.82, 2.24) is 9.97 Å². The van der Waals surface area contributed by atoms with Crippen molar-refractivity contribution >= 4 is 23.8 Å². The first-order chi connectivity index (χ1) is 18.1. The lowest BCUT2D eigenvalue weighted by Crippen LogP contribution is -1.99. The summed E-state index contributed by atoms with van der Waals surface area (Å²) in [7, 11) is 0. The molecule has 4 rings (SSSR count). The monoisotopic (exact) mass is 488 g/mol. The molecule has 0 radical (unpaired) electrons. The normalized spacial score (nSPS) is 11.6. The number of aryl methyl sites for hydroxylation is 4. The topological polar surface area (TPSA) is 50.5 Å². The third-order valence-electron chi connectivity index (χ3n) is 6.61. The Bertz CT molecular complexity index is 1220. The van der Waals surface area contributed by atoms with Crippen LogP contribution in [0.15, 0.2) is 83.0 Å². The van der Waals surface area contributed by atoms with Crippen LogP contribution in [0.25, 0.3) is 0 Å². The summed E-state index contributed by atoms with van der Waals surface area (Å²) >= 11 is 0. The van der Waals surface area contributed by atoms with Gasteiger partial charge in [0.15, 0.2) is 0 Å². The molecule has 0 saturated carbocycles. The Morgan fingerprint density at radius 3 is 1.24 bits per heavy atom. The number of pyridine rings is 2. The minimum Gasteiger partial charge on any atom is -0.255 e. The summed E-state index contributed by atoms with van der Waals surface area (Å²) in [5, 5.41) is 0. The van der Waals surface area contributed by atoms with E-state index in [4.69, 9.17) is 9.98 Å². The zero-order valence-electron chi connectivity index (χ0n) is 22.4. The maximum atomic E-state index is 4.87. The van der Waals surface area contributed by atoms with E-state index in [9.17, 15) is 0 Å². The molecule has 4 aromatic rings. The van der Waals surface area contributed by atoms with Crippen LogP contribution in [0.3, 0.4) is 0 Å². The van der Waals surface area contributed by atoms with Crippen molar-refractivity contribution < 1.29 is 0 Å². The van der Waals surface area contributed by atoms with Crippen molar-refractivity contribution in [2.75, 3.05) is 0 Å². The first-order valence-electron chi connectivity index (χ1n) is 13.3. The largest absolute Gasteiger partial charge is 0.255 e. The van der Waals surface area contributed by atoms with Gasteiger partial charge in [-0.05, 0) is 89.8 Å². The van der Waals surface area contributed by atoms with Gasteiger partial charge in [-0.3, -0.25) is 20.0 Å². The van der Waals surface area contributed by atoms with Crippen molar-refractivity contribution in [2.24, 2.45) is 9.98 Å². The van der Waals surface area contributed by atoms with Crippen LogP contribution in [0, 0.1) is 0 Å². The van der Waals surface area contributed by atoms with Crippen molar-refractivity contribution in [3.8, 4) is 0 Å². The molecular formula is C33H36N4. The average Bonchev–Trinajstić information content (AvgIpc) is 2.95. The van der Waals surface area contributed by atoms with E-state index in [2.05, 4.69) is 61.9 Å². The van der Waals surface area contributed by atoms with Crippen LogP contribution in [-0.4, -0.2) is 22.4 Å². The quantitative estimate of drug-likeness (QED) is 0.214. The van der Waals surface area contributed by atoms with E-state index in [1.807, 2.05) is 48.8 Å². The first-order valence-corrected chi connectivity index (χ1v) is 13.3. The summed E-state index contributed by atoms with van der Waals surface area (Å²) in [6.07, 6.45) is 12.0. The highest BCUT2D eigenvalue weighted by Crippen LogP contribution is 2.32. The second-order valence-electron chi connectivity index (χ2n) is 9.14. The molecule has 0 aliphatic carbocycles. The highest BCUT2D eigenvalue weighted by Gasteiger charge is 2.12. The van der Waals surface area contributed by atoms with Crippen molar-refractivity contribution in [2.45, 2.75) is 59.8 Å². The first kappa shape index (κ1) is 26.2. The van der Waals surface area contributed by atoms with Crippen molar-refractivity contribution in [3.63, 3.8) is 0 Å². The van der Waals surface area contributed by atoms with Crippen molar-refractivity contribution in [1.29, 1.82) is 0 Å². The molecule has 0 saturated heterocycles. The van der Waals surface area contributed by atoms with Gasteiger partial charge in [-0.15, -0.1) is 0 Å². The van der Waals surface area contributed by atoms with Gasteiger partial charge in [0, 0.05) is 12.4 Å². The molecule has 0 aliphatic heterocycles. The molecule has 2 aromatic carbocycles. The van der Waals surface area contributed by atoms with Gasteiger partial charge in [0.1, 0.15) is 0 Å². The molecule has 0 fully saturated rings. The Morgan fingerprint density at radius 2 is 0.946 bits per heavy atom. The smallest absolute Gasteiger partial charge is 0.0812 e. The van der Waals surface area contributed by atoms with Crippen LogP contribution >= 0.6 is 0 Å². The third kappa shape index (κ3) is 6.65. The van der Waals surface area contributed by atoms with Crippen LogP contribution in [0.1, 0.15) is 72.5 Å². The Kier molecular flexibility index (Phi) is 9.09. The predicted molar refractivity (Wildman–Crippen MR) is 156 cm³/mol. The molecule has 4 nitrogen and oxygen atoms in total. The Hall–Kier alpha value is -3.92. The molecule has 4 heteroatoms. The molecule has 2 aromatic heterocycles. The number of aliphatic imine (C=N–C) groups is 2. The SMILES string of the molecule is CCc1cc(Cc2cc(CC)c(N=Cc3ccccn3)c(CC)c2)cc(CC)c1N=Cc1ccccn1. The molecule has 0 amide bonds. The molecular weight excluding hydrogens is 452 g/mol. The van der Waals surface area contributed by atoms with Gasteiger partial charge in [0.2, 0.25) is 0 Å². The van der Waals surface area contributed by atoms with Gasteiger partial charge in [-0.1, -0.05) is 64.1 Å². The number of rotatable bonds is 10. The minimum absolute atomic E-state index is 0.876. The molecule has 0 unspecified atom stereocenters. The fourth-order valence-corrected chi connectivity index (χ4v) is 4.68. The van der Waals surface area contributed by atoms with Crippen LogP contribution in [-0.2, 0) is 32.1 Å². The molecule has 188 valence electrons. The molecule has 0 spiro atoms. The third-order valence-corrected chi connectivity index (χ3v) is 6.61. The fraction of sp³-hybridized carbons (Fsp3) is 0.273. The van der Waals surface area contributed by atoms with E-state index in [1.165, 1.54) is 33.4 Å². The lowest BCUT2D eigenvalue weighted by Gasteiger charge is -2.15. The number of nitrogens with zero attached hydrogens (tertiary/aromatic N) is 4. The molecule has 0 N–H and O–H groups in total. The predicted octanol–water partition coefficient (Wildman–Crippen LogP) is 7.82. The van der Waals surface area contributed by atoms with E-state index in [1.54, 1.807) is 12.4 Å². The van der Waals surface area contributed by atoms with Crippen LogP contribution < -0.4 is 0 Å². The molecule has 0 aliphatic rings. The van der Waals surface area contributed by atoms with E-state index < -0.39 is 0 Å². The summed E-state index contributed by atoms with van der Waals surface area (Å²) in [4.78, 5) is 18.5. The van der Waals surface area contributed by atoms with E-state index in [-0.39, 0.29) is 0 Å². The average molecular weight is 489 g/mol. The van der Waals surface area contributed by atoms with Crippen LogP contribution in [0.5, 0.6) is 0 Å². The van der Waals surface area contributed by atoms with E-state index >= 15 is 0 Å². The van der Waals surface area contributed by atoms with Gasteiger partial charge in [0.05, 0.1) is 35.2 Å². The Morgan fingerprint density at radius 1 is 0.568 bits per heavy atom. The van der Waals surface area contributed by atoms with E-state index in [0.717, 1.165) is 54.9 Å². The van der Waals surface area contributed by atoms with Gasteiger partial charge in [0.25, 0.3) is 0 Å². The standard InChI is InChI=1S/C33H36N4/c1-5-26-18-24(19-27(6-2)32(26)36-22-30-13-9-11-15-34-30)17-25-20-28(7-3)33(29(8-4)21-25)37-23-31-14-10-12-16-35-31/h9-16,18-23H,5-8,17H2,1-4H3. The minimum atomic E-state index is 0.876. The summed E-state index contributed by atoms with van der Waals surface area (Å²) in [6.45, 7) is 8.82. The van der Waals surface area contributed by atoms with Gasteiger partial charge >= 0.3 is 0 Å². The lowest BCUT2D eigenvalue weighted by molar-refractivity contribution is 1.03. The van der Waals surface area contributed by atoms with Gasteiger partial charge in [-0.25, -0.2) is 0 Å². The van der Waals surface area contributed by atoms with Crippen LogP contribution in [0.4, 0.5) is 11.4 Å². The van der Waals surface area contributed by atoms with E-state index in [0.29, 0.717) is 0 Å². The number of hydrogen-bond acceptors (Lipinski definition) is 4. The van der Waals surface area contributed by atoms with Crippen molar-refractivity contribution in [3.05, 3.63) is 118 Å². The number of hydrogen-bond donors (Lipinski definition) is 0. The van der Waals surface area contributed by atoms with Gasteiger partial charge in [-0.2, -0.15) is 0 Å². The Labute approximate surface area is 221 Å². The number of aromatic nitrogens is 2. The number of benzene rings is 2. The second kappa shape index (κ2) is 12.9. The summed E-state index contributed by atoms with van der Waals surface area (Å²) in [6, 6.07) is 21.1. The zero-order chi connectivity index (χ0) is 26.0. The summed E-state index contributed by atoms with van der Waals surface area (Å²) < 4.78 is 0. The Balaban J connectivity index is 1.65. The molecule has 2 heterocycles. The van der Waals surface area contributed by atoms with Crippen LogP contribution in [0.2, 0.25) is 0 Å². The fourth-order valence-electron chi connectivity index (χ4n) is 4.68. The lowest BCUT2D eigenvalue weighted by atomic mass is 9.92. The summed E-state index contributed by atoms with van der Waals surface area (Å²) in [5.41, 5.74) is 11.7. The highest BCUT2D eigenvalue weighted by molar-refractivity contribution is 5.81. The molecule has 37 heavy (non-hydrogen) atoms. The summed E-state index contributed by atoms with van der Waals surface area (Å²) in [5.74, 6) is 0. The maximum absolute atomic E-state index is 4.87. The zero-order valence-corrected chi connectivity index (χ0v) is 22.4. The molecule has 0 bridgehead atoms. The maximum Gasteiger partial charge on any atom is 0.0812 e. The molecule has 0 atom stereocenters. The second-order valence-corrected chi connectivity index (χ2v) is 9.14. The van der Waals surface area contributed by atoms with Gasteiger partial charge < -0.3 is 0 Å². The highest BCUT2D eigenvalue weighted by atomic mass is 14.8.